The molecule has 1 aliphatic rings. The molecule has 1 amide bonds. The maximum atomic E-state index is 13.1. The highest BCUT2D eigenvalue weighted by Gasteiger charge is 2.31. The van der Waals surface area contributed by atoms with E-state index in [0.717, 1.165) is 15.6 Å². The van der Waals surface area contributed by atoms with E-state index in [4.69, 9.17) is 23.8 Å². The van der Waals surface area contributed by atoms with E-state index in [2.05, 4.69) is 31.9 Å². The first-order valence-electron chi connectivity index (χ1n) is 7.97. The van der Waals surface area contributed by atoms with Crippen LogP contribution in [0.4, 0.5) is 5.69 Å². The van der Waals surface area contributed by atoms with Crippen LogP contribution >= 0.6 is 39.7 Å². The third-order valence-electron chi connectivity index (χ3n) is 4.18. The zero-order chi connectivity index (χ0) is 18.8. The van der Waals surface area contributed by atoms with Crippen LogP contribution in [0.25, 0.3) is 0 Å². The average Bonchev–Trinajstić information content (AvgIpc) is 2.57. The Kier molecular flexibility index (Phi) is 5.65. The fourth-order valence-electron chi connectivity index (χ4n) is 2.86. The predicted molar refractivity (Wildman–Crippen MR) is 113 cm³/mol. The minimum absolute atomic E-state index is 0.212. The number of halogens is 2. The van der Waals surface area contributed by atoms with Gasteiger partial charge in [-0.2, -0.15) is 0 Å². The van der Waals surface area contributed by atoms with E-state index in [0.29, 0.717) is 27.1 Å². The lowest BCUT2D eigenvalue weighted by molar-refractivity contribution is -0.113. The molecule has 0 saturated heterocycles. The van der Waals surface area contributed by atoms with Gasteiger partial charge in [-0.15, -0.1) is 0 Å². The highest BCUT2D eigenvalue weighted by molar-refractivity contribution is 9.10. The Hall–Kier alpha value is -1.89. The summed E-state index contributed by atoms with van der Waals surface area (Å²) >= 11 is 14.9. The first kappa shape index (κ1) is 18.9. The van der Waals surface area contributed by atoms with Crippen LogP contribution in [0.5, 0.6) is 0 Å². The molecule has 1 heterocycles. The second kappa shape index (κ2) is 7.78. The molecule has 1 unspecified atom stereocenters. The van der Waals surface area contributed by atoms with E-state index in [1.807, 2.05) is 44.2 Å². The number of carbonyl (C=O) groups excluding carboxylic acids is 1. The standard InChI is InChI=1S/C19H17BrClN3OS/c1-10-7-8-12(21)9-15(10)23-18(25)16-11(2)22-19(26)24-17(16)13-5-3-4-6-14(13)20/h3-9,17H,1-2H3,(H,23,25)(H2,22,24,26). The van der Waals surface area contributed by atoms with Crippen LogP contribution < -0.4 is 16.0 Å². The van der Waals surface area contributed by atoms with E-state index >= 15 is 0 Å². The summed E-state index contributed by atoms with van der Waals surface area (Å²) in [5.41, 5.74) is 3.84. The van der Waals surface area contributed by atoms with E-state index in [9.17, 15) is 4.79 Å². The van der Waals surface area contributed by atoms with Gasteiger partial charge in [0.15, 0.2) is 5.11 Å². The van der Waals surface area contributed by atoms with Crippen molar-refractivity contribution >= 4 is 56.5 Å². The van der Waals surface area contributed by atoms with E-state index in [1.54, 1.807) is 12.1 Å². The highest BCUT2D eigenvalue weighted by atomic mass is 79.9. The number of thiocarbonyl (C=S) groups is 1. The van der Waals surface area contributed by atoms with Gasteiger partial charge in [-0.05, 0) is 55.4 Å². The second-order valence-corrected chi connectivity index (χ2v) is 7.70. The first-order chi connectivity index (χ1) is 12.4. The van der Waals surface area contributed by atoms with Crippen molar-refractivity contribution in [3.05, 3.63) is 74.4 Å². The van der Waals surface area contributed by atoms with Crippen LogP contribution in [0.2, 0.25) is 5.02 Å². The van der Waals surface area contributed by atoms with Gasteiger partial charge in [-0.25, -0.2) is 0 Å². The molecule has 0 saturated carbocycles. The molecule has 0 spiro atoms. The third-order valence-corrected chi connectivity index (χ3v) is 5.35. The van der Waals surface area contributed by atoms with Crippen molar-refractivity contribution in [3.8, 4) is 0 Å². The molecule has 2 aromatic carbocycles. The van der Waals surface area contributed by atoms with Crippen LogP contribution in [-0.2, 0) is 4.79 Å². The topological polar surface area (TPSA) is 53.2 Å². The molecule has 0 radical (unpaired) electrons. The lowest BCUT2D eigenvalue weighted by Crippen LogP contribution is -2.45. The minimum Gasteiger partial charge on any atom is -0.351 e. The second-order valence-electron chi connectivity index (χ2n) is 6.01. The maximum absolute atomic E-state index is 13.1. The Labute approximate surface area is 171 Å². The molecule has 3 N–H and O–H groups in total. The summed E-state index contributed by atoms with van der Waals surface area (Å²) in [6.07, 6.45) is 0. The number of benzene rings is 2. The maximum Gasteiger partial charge on any atom is 0.255 e. The van der Waals surface area contributed by atoms with Crippen LogP contribution in [0, 0.1) is 6.92 Å². The first-order valence-corrected chi connectivity index (χ1v) is 9.55. The number of hydrogen-bond donors (Lipinski definition) is 3. The Morgan fingerprint density at radius 2 is 1.96 bits per heavy atom. The predicted octanol–water partition coefficient (Wildman–Crippen LogP) is 4.84. The van der Waals surface area contributed by atoms with Crippen molar-refractivity contribution in [2.75, 3.05) is 5.32 Å². The van der Waals surface area contributed by atoms with Crippen LogP contribution in [-0.4, -0.2) is 11.0 Å². The van der Waals surface area contributed by atoms with Gasteiger partial charge in [0.25, 0.3) is 5.91 Å². The number of carbonyl (C=O) groups is 1. The number of hydrogen-bond acceptors (Lipinski definition) is 2. The quantitative estimate of drug-likeness (QED) is 0.586. The van der Waals surface area contributed by atoms with Gasteiger partial charge >= 0.3 is 0 Å². The van der Waals surface area contributed by atoms with Gasteiger partial charge in [0, 0.05) is 20.9 Å². The van der Waals surface area contributed by atoms with Gasteiger partial charge in [-0.1, -0.05) is 51.8 Å². The Morgan fingerprint density at radius 3 is 2.69 bits per heavy atom. The van der Waals surface area contributed by atoms with Gasteiger partial charge < -0.3 is 16.0 Å². The van der Waals surface area contributed by atoms with Crippen LogP contribution in [0.15, 0.2) is 58.2 Å². The SMILES string of the molecule is CC1=C(C(=O)Nc2cc(Cl)ccc2C)C(c2ccccc2Br)NC(=S)N1. The number of anilines is 1. The zero-order valence-electron chi connectivity index (χ0n) is 14.2. The van der Waals surface area contributed by atoms with Crippen molar-refractivity contribution in [1.29, 1.82) is 0 Å². The summed E-state index contributed by atoms with van der Waals surface area (Å²) in [4.78, 5) is 13.1. The van der Waals surface area contributed by atoms with Gasteiger partial charge in [0.05, 0.1) is 11.6 Å². The molecule has 1 aliphatic heterocycles. The largest absolute Gasteiger partial charge is 0.351 e. The van der Waals surface area contributed by atoms with E-state index < -0.39 is 0 Å². The number of amides is 1. The molecule has 0 fully saturated rings. The molecule has 1 atom stereocenters. The van der Waals surface area contributed by atoms with Gasteiger partial charge in [0.1, 0.15) is 0 Å². The van der Waals surface area contributed by atoms with Crippen molar-refractivity contribution < 1.29 is 4.79 Å². The monoisotopic (exact) mass is 449 g/mol. The lowest BCUT2D eigenvalue weighted by atomic mass is 9.95. The fraction of sp³-hybridized carbons (Fsp3) is 0.158. The minimum atomic E-state index is -0.362. The van der Waals surface area contributed by atoms with Gasteiger partial charge in [-0.3, -0.25) is 4.79 Å². The number of nitrogens with one attached hydrogen (secondary N) is 3. The number of allylic oxidation sites excluding steroid dienone is 1. The van der Waals surface area contributed by atoms with E-state index in [1.165, 1.54) is 0 Å². The third kappa shape index (κ3) is 3.92. The summed E-state index contributed by atoms with van der Waals surface area (Å²) in [6.45, 7) is 3.77. The molecule has 7 heteroatoms. The summed E-state index contributed by atoms with van der Waals surface area (Å²) in [6, 6.07) is 12.8. The normalized spacial score (nSPS) is 16.8. The average molecular weight is 451 g/mol. The number of rotatable bonds is 3. The highest BCUT2D eigenvalue weighted by Crippen LogP contribution is 2.32. The van der Waals surface area contributed by atoms with Crippen LogP contribution in [0.1, 0.15) is 24.1 Å². The number of aryl methyl sites for hydroxylation is 1. The molecular weight excluding hydrogens is 434 g/mol. The van der Waals surface area contributed by atoms with Crippen molar-refractivity contribution in [3.63, 3.8) is 0 Å². The molecule has 26 heavy (non-hydrogen) atoms. The summed E-state index contributed by atoms with van der Waals surface area (Å²) in [7, 11) is 0. The molecule has 2 aromatic rings. The summed E-state index contributed by atoms with van der Waals surface area (Å²) < 4.78 is 0.902. The van der Waals surface area contributed by atoms with Gasteiger partial charge in [0.2, 0.25) is 0 Å². The Bertz CT molecular complexity index is 929. The molecular formula is C19H17BrClN3OS. The van der Waals surface area contributed by atoms with Crippen molar-refractivity contribution in [2.24, 2.45) is 0 Å². The smallest absolute Gasteiger partial charge is 0.255 e. The molecule has 3 rings (SSSR count). The molecule has 0 aromatic heterocycles. The summed E-state index contributed by atoms with van der Waals surface area (Å²) in [5.74, 6) is -0.212. The lowest BCUT2D eigenvalue weighted by Gasteiger charge is -2.31. The Balaban J connectivity index is 2.00. The fourth-order valence-corrected chi connectivity index (χ4v) is 3.81. The Morgan fingerprint density at radius 1 is 1.23 bits per heavy atom. The molecule has 0 aliphatic carbocycles. The zero-order valence-corrected chi connectivity index (χ0v) is 17.3. The molecule has 134 valence electrons. The van der Waals surface area contributed by atoms with Crippen LogP contribution in [0.3, 0.4) is 0 Å². The molecule has 0 bridgehead atoms. The van der Waals surface area contributed by atoms with Crippen molar-refractivity contribution in [2.45, 2.75) is 19.9 Å². The molecule has 4 nitrogen and oxygen atoms in total. The van der Waals surface area contributed by atoms with E-state index in [-0.39, 0.29) is 11.9 Å². The summed E-state index contributed by atoms with van der Waals surface area (Å²) in [5, 5.41) is 10.3. The van der Waals surface area contributed by atoms with Crippen molar-refractivity contribution in [1.82, 2.24) is 10.6 Å².